The summed E-state index contributed by atoms with van der Waals surface area (Å²) in [5.41, 5.74) is 7.61. The zero-order valence-electron chi connectivity index (χ0n) is 27.7. The predicted octanol–water partition coefficient (Wildman–Crippen LogP) is 5.94. The molecule has 4 aromatic rings. The number of amides is 3. The number of piperazine rings is 1. The first-order valence-corrected chi connectivity index (χ1v) is 17.2. The van der Waals surface area contributed by atoms with E-state index in [1.54, 1.807) is 29.9 Å². The number of aryl methyl sites for hydroxylation is 3. The molecule has 2 N–H and O–H groups in total. The molecular weight excluding hydrogens is 623 g/mol. The van der Waals surface area contributed by atoms with Gasteiger partial charge in [0, 0.05) is 68.9 Å². The van der Waals surface area contributed by atoms with Gasteiger partial charge >= 0.3 is 0 Å². The molecule has 2 aliphatic rings. The van der Waals surface area contributed by atoms with E-state index in [0.29, 0.717) is 43.9 Å². The van der Waals surface area contributed by atoms with Crippen LogP contribution in [0.4, 0.5) is 17.1 Å². The van der Waals surface area contributed by atoms with Crippen LogP contribution < -0.4 is 21.1 Å². The first-order valence-electron chi connectivity index (χ1n) is 16.4. The molecule has 248 valence electrons. The van der Waals surface area contributed by atoms with E-state index in [0.717, 1.165) is 51.3 Å². The van der Waals surface area contributed by atoms with Crippen LogP contribution >= 0.6 is 11.3 Å². The molecule has 1 aliphatic heterocycles. The molecule has 1 aliphatic carbocycles. The normalized spacial score (nSPS) is 14.3. The maximum Gasteiger partial charge on any atom is 0.265 e. The third-order valence-electron chi connectivity index (χ3n) is 9.34. The smallest absolute Gasteiger partial charge is 0.265 e. The summed E-state index contributed by atoms with van der Waals surface area (Å²) in [7, 11) is 1.74. The van der Waals surface area contributed by atoms with Gasteiger partial charge in [-0.05, 0) is 96.8 Å². The molecule has 0 spiro atoms. The summed E-state index contributed by atoms with van der Waals surface area (Å²) in [6.45, 7) is 9.66. The minimum absolute atomic E-state index is 0.0529. The van der Waals surface area contributed by atoms with Crippen LogP contribution in [0.25, 0.3) is 11.1 Å². The zero-order chi connectivity index (χ0) is 33.9. The summed E-state index contributed by atoms with van der Waals surface area (Å²) < 4.78 is 1.59. The van der Waals surface area contributed by atoms with Gasteiger partial charge in [-0.1, -0.05) is 24.8 Å². The van der Waals surface area contributed by atoms with Gasteiger partial charge in [0.1, 0.15) is 0 Å². The summed E-state index contributed by atoms with van der Waals surface area (Å²) in [6, 6.07) is 15.6. The molecule has 48 heavy (non-hydrogen) atoms. The van der Waals surface area contributed by atoms with Gasteiger partial charge in [-0.3, -0.25) is 19.2 Å². The van der Waals surface area contributed by atoms with Gasteiger partial charge < -0.3 is 25.0 Å². The Kier molecular flexibility index (Phi) is 9.63. The molecule has 10 heteroatoms. The number of pyridine rings is 1. The van der Waals surface area contributed by atoms with Gasteiger partial charge in [-0.25, -0.2) is 0 Å². The molecule has 2 aromatic carbocycles. The largest absolute Gasteiger partial charge is 0.366 e. The number of hydrogen-bond donors (Lipinski definition) is 2. The average molecular weight is 664 g/mol. The Bertz CT molecular complexity index is 1940. The van der Waals surface area contributed by atoms with Crippen molar-refractivity contribution in [2.75, 3.05) is 41.7 Å². The number of hydrogen-bond acceptors (Lipinski definition) is 6. The van der Waals surface area contributed by atoms with Gasteiger partial charge in [0.05, 0.1) is 16.3 Å². The van der Waals surface area contributed by atoms with E-state index in [-0.39, 0.29) is 23.3 Å². The van der Waals surface area contributed by atoms with E-state index >= 15 is 0 Å². The molecular formula is C38H41N5O4S. The second-order valence-electron chi connectivity index (χ2n) is 12.6. The molecule has 9 nitrogen and oxygen atoms in total. The van der Waals surface area contributed by atoms with E-state index in [1.807, 2.05) is 66.6 Å². The Morgan fingerprint density at radius 1 is 0.958 bits per heavy atom. The van der Waals surface area contributed by atoms with Crippen LogP contribution in [0.15, 0.2) is 72.2 Å². The first-order chi connectivity index (χ1) is 23.1. The molecule has 1 fully saturated rings. The van der Waals surface area contributed by atoms with Crippen molar-refractivity contribution >= 4 is 46.1 Å². The Labute approximate surface area is 284 Å². The standard InChI is InChI=1S/C38H41N5O4S/c1-5-36(45)39-32-20-26(13-14-33(32)43-17-15-42(16-18-43)25(3)44)19-28-21-29(23-41(4)38(28)47)30-10-8-11-31(24(30)2)40-37(46)35-22-27-9-6-7-12-34(27)48-35/h5,8,10-11,13-14,20-23H,1,6-7,9,12,15-19H2,2-4H3,(H,39,45)(H,40,46). The number of anilines is 3. The molecule has 6 rings (SSSR count). The minimum Gasteiger partial charge on any atom is -0.366 e. The van der Waals surface area contributed by atoms with Crippen molar-refractivity contribution in [3.63, 3.8) is 0 Å². The highest BCUT2D eigenvalue weighted by atomic mass is 32.1. The number of rotatable bonds is 8. The number of aromatic nitrogens is 1. The number of carbonyl (C=O) groups is 3. The highest BCUT2D eigenvalue weighted by Gasteiger charge is 2.22. The summed E-state index contributed by atoms with van der Waals surface area (Å²) in [5, 5.41) is 6.07. The number of carbonyl (C=O) groups excluding carboxylic acids is 3. The highest BCUT2D eigenvalue weighted by Crippen LogP contribution is 2.33. The Hall–Kier alpha value is -4.96. The monoisotopic (exact) mass is 663 g/mol. The van der Waals surface area contributed by atoms with Crippen LogP contribution in [-0.4, -0.2) is 53.4 Å². The SMILES string of the molecule is C=CC(=O)Nc1cc(Cc2cc(-c3cccc(NC(=O)c4cc5c(s4)CCCC5)c3C)cn(C)c2=O)ccc1N1CCN(C(C)=O)CC1. The summed E-state index contributed by atoms with van der Waals surface area (Å²) in [6.07, 6.45) is 7.85. The van der Waals surface area contributed by atoms with Gasteiger partial charge in [0.15, 0.2) is 0 Å². The summed E-state index contributed by atoms with van der Waals surface area (Å²) in [4.78, 5) is 56.9. The van der Waals surface area contributed by atoms with Gasteiger partial charge in [-0.2, -0.15) is 0 Å². The van der Waals surface area contributed by atoms with E-state index in [2.05, 4.69) is 22.1 Å². The van der Waals surface area contributed by atoms with Crippen molar-refractivity contribution in [2.45, 2.75) is 46.0 Å². The Morgan fingerprint density at radius 2 is 1.73 bits per heavy atom. The molecule has 0 atom stereocenters. The molecule has 0 saturated carbocycles. The highest BCUT2D eigenvalue weighted by molar-refractivity contribution is 7.14. The molecule has 2 aromatic heterocycles. The Balaban J connectivity index is 1.26. The first kappa shape index (κ1) is 33.0. The van der Waals surface area contributed by atoms with Crippen molar-refractivity contribution in [2.24, 2.45) is 7.05 Å². The van der Waals surface area contributed by atoms with Crippen LogP contribution in [0, 0.1) is 6.92 Å². The molecule has 3 heterocycles. The number of benzene rings is 2. The van der Waals surface area contributed by atoms with Crippen molar-refractivity contribution in [1.29, 1.82) is 0 Å². The van der Waals surface area contributed by atoms with Crippen LogP contribution in [0.5, 0.6) is 0 Å². The van der Waals surface area contributed by atoms with Crippen LogP contribution in [-0.2, 0) is 35.9 Å². The van der Waals surface area contributed by atoms with E-state index in [1.165, 1.54) is 29.4 Å². The lowest BCUT2D eigenvalue weighted by molar-refractivity contribution is -0.129. The van der Waals surface area contributed by atoms with Gasteiger partial charge in [-0.15, -0.1) is 11.3 Å². The van der Waals surface area contributed by atoms with Crippen molar-refractivity contribution in [3.05, 3.63) is 110 Å². The van der Waals surface area contributed by atoms with Crippen LogP contribution in [0.2, 0.25) is 0 Å². The second kappa shape index (κ2) is 14.0. The maximum absolute atomic E-state index is 13.4. The Morgan fingerprint density at radius 3 is 2.46 bits per heavy atom. The maximum atomic E-state index is 13.4. The molecule has 0 radical (unpaired) electrons. The molecule has 3 amide bonds. The molecule has 0 bridgehead atoms. The third-order valence-corrected chi connectivity index (χ3v) is 10.6. The predicted molar refractivity (Wildman–Crippen MR) is 193 cm³/mol. The van der Waals surface area contributed by atoms with Gasteiger partial charge in [0.2, 0.25) is 11.8 Å². The van der Waals surface area contributed by atoms with E-state index in [9.17, 15) is 19.2 Å². The van der Waals surface area contributed by atoms with Crippen LogP contribution in [0.1, 0.15) is 56.6 Å². The number of thiophene rings is 1. The fraction of sp³-hybridized carbons (Fsp3) is 0.316. The topological polar surface area (TPSA) is 104 Å². The fourth-order valence-corrected chi connectivity index (χ4v) is 7.81. The lowest BCUT2D eigenvalue weighted by Gasteiger charge is -2.36. The lowest BCUT2D eigenvalue weighted by atomic mass is 9.97. The molecule has 1 saturated heterocycles. The number of fused-ring (bicyclic) bond motifs is 1. The summed E-state index contributed by atoms with van der Waals surface area (Å²) >= 11 is 1.60. The summed E-state index contributed by atoms with van der Waals surface area (Å²) in [5.74, 6) is -0.369. The van der Waals surface area contributed by atoms with Crippen molar-refractivity contribution < 1.29 is 14.4 Å². The van der Waals surface area contributed by atoms with Crippen molar-refractivity contribution in [1.82, 2.24) is 9.47 Å². The third kappa shape index (κ3) is 6.99. The van der Waals surface area contributed by atoms with Gasteiger partial charge in [0.25, 0.3) is 11.5 Å². The molecule has 0 unspecified atom stereocenters. The van der Waals surface area contributed by atoms with Crippen molar-refractivity contribution in [3.8, 4) is 11.1 Å². The number of nitrogens with zero attached hydrogens (tertiary/aromatic N) is 3. The zero-order valence-corrected chi connectivity index (χ0v) is 28.5. The average Bonchev–Trinajstić information content (AvgIpc) is 3.53. The van der Waals surface area contributed by atoms with Crippen LogP contribution in [0.3, 0.4) is 0 Å². The number of nitrogens with one attached hydrogen (secondary N) is 2. The fourth-order valence-electron chi connectivity index (χ4n) is 6.66. The second-order valence-corrected chi connectivity index (χ2v) is 13.7. The lowest BCUT2D eigenvalue weighted by Crippen LogP contribution is -2.48. The minimum atomic E-state index is -0.324. The van der Waals surface area contributed by atoms with E-state index in [4.69, 9.17) is 0 Å². The quantitative estimate of drug-likeness (QED) is 0.227. The van der Waals surface area contributed by atoms with E-state index < -0.39 is 0 Å².